The number of β-lactam (4-membered cyclic amide) rings is 1. The van der Waals surface area contributed by atoms with Gasteiger partial charge in [-0.25, -0.2) is 0 Å². The molecule has 0 spiro atoms. The normalized spacial score (nSPS) is 16.2. The highest BCUT2D eigenvalue weighted by molar-refractivity contribution is 6.01. The van der Waals surface area contributed by atoms with Crippen molar-refractivity contribution in [3.63, 3.8) is 0 Å². The Morgan fingerprint density at radius 3 is 1.92 bits per heavy atom. The lowest BCUT2D eigenvalue weighted by Gasteiger charge is -2.41. The molecule has 6 heteroatoms. The zero-order valence-electron chi connectivity index (χ0n) is 14.7. The fourth-order valence-corrected chi connectivity index (χ4v) is 3.04. The number of amides is 1. The highest BCUT2D eigenvalue weighted by Gasteiger charge is 2.39. The van der Waals surface area contributed by atoms with Crippen molar-refractivity contribution in [3.05, 3.63) is 42.0 Å². The SMILES string of the molecule is COc1ccc(C2CC(=O)N2c2cc(OC)c(OC)c(OC)c2)cc1. The van der Waals surface area contributed by atoms with Gasteiger partial charge in [0.25, 0.3) is 0 Å². The first-order valence-electron chi connectivity index (χ1n) is 7.89. The van der Waals surface area contributed by atoms with Crippen molar-refractivity contribution in [2.75, 3.05) is 33.3 Å². The molecule has 2 aromatic carbocycles. The largest absolute Gasteiger partial charge is 0.497 e. The van der Waals surface area contributed by atoms with Gasteiger partial charge in [0.05, 0.1) is 46.6 Å². The minimum atomic E-state index is -0.0267. The van der Waals surface area contributed by atoms with Crippen LogP contribution in [0.5, 0.6) is 23.0 Å². The van der Waals surface area contributed by atoms with Crippen LogP contribution in [0.3, 0.4) is 0 Å². The molecule has 1 atom stereocenters. The van der Waals surface area contributed by atoms with Gasteiger partial charge in [0.15, 0.2) is 11.5 Å². The van der Waals surface area contributed by atoms with Gasteiger partial charge in [0.2, 0.25) is 11.7 Å². The van der Waals surface area contributed by atoms with Gasteiger partial charge in [-0.2, -0.15) is 0 Å². The number of carbonyl (C=O) groups excluding carboxylic acids is 1. The van der Waals surface area contributed by atoms with Crippen molar-refractivity contribution in [2.24, 2.45) is 0 Å². The molecule has 3 rings (SSSR count). The Balaban J connectivity index is 1.97. The van der Waals surface area contributed by atoms with Gasteiger partial charge in [-0.15, -0.1) is 0 Å². The second-order valence-electron chi connectivity index (χ2n) is 5.64. The molecular weight excluding hydrogens is 322 g/mol. The molecule has 25 heavy (non-hydrogen) atoms. The van der Waals surface area contributed by atoms with Crippen molar-refractivity contribution in [1.82, 2.24) is 0 Å². The van der Waals surface area contributed by atoms with E-state index in [1.165, 1.54) is 0 Å². The van der Waals surface area contributed by atoms with E-state index in [4.69, 9.17) is 18.9 Å². The maximum absolute atomic E-state index is 12.3. The number of rotatable bonds is 6. The highest BCUT2D eigenvalue weighted by Crippen LogP contribution is 2.46. The fourth-order valence-electron chi connectivity index (χ4n) is 3.04. The van der Waals surface area contributed by atoms with Crippen LogP contribution in [0.1, 0.15) is 18.0 Å². The number of benzene rings is 2. The lowest BCUT2D eigenvalue weighted by molar-refractivity contribution is -0.124. The molecule has 0 N–H and O–H groups in total. The quantitative estimate of drug-likeness (QED) is 0.754. The molecule has 0 radical (unpaired) electrons. The van der Waals surface area contributed by atoms with Crippen LogP contribution in [0.15, 0.2) is 36.4 Å². The van der Waals surface area contributed by atoms with Crippen LogP contribution >= 0.6 is 0 Å². The van der Waals surface area contributed by atoms with Gasteiger partial charge in [-0.3, -0.25) is 4.79 Å². The van der Waals surface area contributed by atoms with Crippen molar-refractivity contribution < 1.29 is 23.7 Å². The average Bonchev–Trinajstić information content (AvgIpc) is 2.65. The van der Waals surface area contributed by atoms with Gasteiger partial charge in [-0.1, -0.05) is 12.1 Å². The number of methoxy groups -OCH3 is 4. The first-order chi connectivity index (χ1) is 12.1. The zero-order chi connectivity index (χ0) is 18.0. The molecule has 1 fully saturated rings. The minimum absolute atomic E-state index is 0.0267. The Morgan fingerprint density at radius 1 is 0.880 bits per heavy atom. The summed E-state index contributed by atoms with van der Waals surface area (Å²) in [6.45, 7) is 0. The van der Waals surface area contributed by atoms with Gasteiger partial charge in [0, 0.05) is 12.1 Å². The highest BCUT2D eigenvalue weighted by atomic mass is 16.5. The van der Waals surface area contributed by atoms with E-state index in [9.17, 15) is 4.79 Å². The van der Waals surface area contributed by atoms with Crippen LogP contribution in [0.25, 0.3) is 0 Å². The molecule has 1 aliphatic rings. The van der Waals surface area contributed by atoms with Gasteiger partial charge < -0.3 is 23.8 Å². The van der Waals surface area contributed by atoms with Crippen molar-refractivity contribution in [3.8, 4) is 23.0 Å². The van der Waals surface area contributed by atoms with Crippen LogP contribution in [-0.2, 0) is 4.79 Å². The van der Waals surface area contributed by atoms with Crippen LogP contribution in [0.4, 0.5) is 5.69 Å². The third-order valence-corrected chi connectivity index (χ3v) is 4.38. The average molecular weight is 343 g/mol. The second kappa shape index (κ2) is 6.93. The summed E-state index contributed by atoms with van der Waals surface area (Å²) in [6.07, 6.45) is 0.461. The molecule has 1 amide bonds. The summed E-state index contributed by atoms with van der Waals surface area (Å²) in [5, 5.41) is 0. The first-order valence-corrected chi connectivity index (χ1v) is 7.89. The van der Waals surface area contributed by atoms with E-state index in [1.54, 1.807) is 45.5 Å². The van der Waals surface area contributed by atoms with Crippen molar-refractivity contribution in [1.29, 1.82) is 0 Å². The van der Waals surface area contributed by atoms with Crippen LogP contribution < -0.4 is 23.8 Å². The van der Waals surface area contributed by atoms with Crippen LogP contribution in [0.2, 0.25) is 0 Å². The molecule has 6 nitrogen and oxygen atoms in total. The minimum Gasteiger partial charge on any atom is -0.497 e. The van der Waals surface area contributed by atoms with E-state index in [2.05, 4.69) is 0 Å². The second-order valence-corrected chi connectivity index (χ2v) is 5.64. The first kappa shape index (κ1) is 17.0. The molecule has 0 saturated carbocycles. The van der Waals surface area contributed by atoms with E-state index in [0.717, 1.165) is 11.3 Å². The molecule has 2 aromatic rings. The summed E-state index contributed by atoms with van der Waals surface area (Å²) in [4.78, 5) is 14.0. The standard InChI is InChI=1S/C19H21NO5/c1-22-14-7-5-12(6-8-14)15-11-18(21)20(15)13-9-16(23-2)19(25-4)17(10-13)24-3/h5-10,15H,11H2,1-4H3. The summed E-state index contributed by atoms with van der Waals surface area (Å²) >= 11 is 0. The summed E-state index contributed by atoms with van der Waals surface area (Å²) in [5.74, 6) is 2.38. The molecule has 132 valence electrons. The molecule has 1 aliphatic heterocycles. The topological polar surface area (TPSA) is 57.2 Å². The number of hydrogen-bond acceptors (Lipinski definition) is 5. The summed E-state index contributed by atoms with van der Waals surface area (Å²) in [7, 11) is 6.29. The van der Waals surface area contributed by atoms with Crippen LogP contribution in [0, 0.1) is 0 Å². The van der Waals surface area contributed by atoms with E-state index in [0.29, 0.717) is 29.4 Å². The zero-order valence-corrected chi connectivity index (χ0v) is 14.7. The predicted molar refractivity (Wildman–Crippen MR) is 93.9 cm³/mol. The predicted octanol–water partition coefficient (Wildman–Crippen LogP) is 3.20. The van der Waals surface area contributed by atoms with Crippen molar-refractivity contribution >= 4 is 11.6 Å². The van der Waals surface area contributed by atoms with E-state index in [-0.39, 0.29) is 11.9 Å². The maximum Gasteiger partial charge on any atom is 0.230 e. The smallest absolute Gasteiger partial charge is 0.230 e. The Hall–Kier alpha value is -2.89. The molecule has 0 bridgehead atoms. The Kier molecular flexibility index (Phi) is 4.70. The summed E-state index contributed by atoms with van der Waals surface area (Å²) in [5.41, 5.74) is 1.76. The Morgan fingerprint density at radius 2 is 1.48 bits per heavy atom. The summed E-state index contributed by atoms with van der Waals surface area (Å²) in [6, 6.07) is 11.3. The molecule has 1 heterocycles. The van der Waals surface area contributed by atoms with Gasteiger partial charge in [-0.05, 0) is 17.7 Å². The molecule has 0 aliphatic carbocycles. The molecule has 0 aromatic heterocycles. The lowest BCUT2D eigenvalue weighted by atomic mass is 9.93. The monoisotopic (exact) mass is 343 g/mol. The molecular formula is C19H21NO5. The lowest BCUT2D eigenvalue weighted by Crippen LogP contribution is -2.46. The fraction of sp³-hybridized carbons (Fsp3) is 0.316. The van der Waals surface area contributed by atoms with E-state index >= 15 is 0 Å². The summed E-state index contributed by atoms with van der Waals surface area (Å²) < 4.78 is 21.3. The molecule has 1 unspecified atom stereocenters. The van der Waals surface area contributed by atoms with Gasteiger partial charge in [0.1, 0.15) is 5.75 Å². The van der Waals surface area contributed by atoms with Crippen LogP contribution in [-0.4, -0.2) is 34.3 Å². The van der Waals surface area contributed by atoms with Crippen molar-refractivity contribution in [2.45, 2.75) is 12.5 Å². The maximum atomic E-state index is 12.3. The third kappa shape index (κ3) is 2.95. The van der Waals surface area contributed by atoms with Gasteiger partial charge >= 0.3 is 0 Å². The Labute approximate surface area is 146 Å². The van der Waals surface area contributed by atoms with E-state index in [1.807, 2.05) is 24.3 Å². The number of anilines is 1. The van der Waals surface area contributed by atoms with E-state index < -0.39 is 0 Å². The third-order valence-electron chi connectivity index (χ3n) is 4.38. The molecule has 1 saturated heterocycles. The number of nitrogens with zero attached hydrogens (tertiary/aromatic N) is 1. The number of hydrogen-bond donors (Lipinski definition) is 0. The Bertz CT molecular complexity index is 747. The number of ether oxygens (including phenoxy) is 4. The number of carbonyl (C=O) groups is 1.